The number of hydrogen-bond acceptors (Lipinski definition) is 9. The molecule has 1 saturated heterocycles. The molecule has 13 heteroatoms. The standard InChI is InChI=1S/C35H32Cl2N4O7/c36-12-15-48-32-21(18-38)16-26-23(4-3-5-24(26)31(32)37)20-6-11-30(39-19-20)47-14-2-1-13-46-22-7-8-25-27(17-22)35(45)41(34(25)44)28-9-10-29(42)40-33(28)43/h6-8,11,16-17,19,23,28H,1-5,9-10,12-15H2,(H,40,42,43). The van der Waals surface area contributed by atoms with E-state index < -0.39 is 29.7 Å². The van der Waals surface area contributed by atoms with Gasteiger partial charge in [-0.2, -0.15) is 5.26 Å². The lowest BCUT2D eigenvalue weighted by Crippen LogP contribution is -2.54. The molecular formula is C35H32Cl2N4O7. The van der Waals surface area contributed by atoms with Crippen molar-refractivity contribution < 1.29 is 33.4 Å². The van der Waals surface area contributed by atoms with E-state index in [1.54, 1.807) is 12.3 Å². The van der Waals surface area contributed by atoms with Gasteiger partial charge < -0.3 is 14.2 Å². The van der Waals surface area contributed by atoms with Gasteiger partial charge in [-0.1, -0.05) is 17.7 Å². The number of alkyl halides is 1. The van der Waals surface area contributed by atoms with Crippen LogP contribution in [0.25, 0.3) is 0 Å². The lowest BCUT2D eigenvalue weighted by molar-refractivity contribution is -0.136. The number of piperidine rings is 1. The Bertz CT molecular complexity index is 1810. The zero-order valence-electron chi connectivity index (χ0n) is 25.9. The number of halogens is 2. The Labute approximate surface area is 287 Å². The molecule has 3 heterocycles. The summed E-state index contributed by atoms with van der Waals surface area (Å²) in [6.07, 6.45) is 5.98. The molecule has 6 rings (SSSR count). The molecule has 248 valence electrons. The number of fused-ring (bicyclic) bond motifs is 2. The second-order valence-corrected chi connectivity index (χ2v) is 12.5. The van der Waals surface area contributed by atoms with Gasteiger partial charge in [-0.15, -0.1) is 11.6 Å². The molecule has 1 aromatic heterocycles. The average molecular weight is 692 g/mol. The molecule has 0 radical (unpaired) electrons. The molecule has 2 atom stereocenters. The quantitative estimate of drug-likeness (QED) is 0.151. The maximum absolute atomic E-state index is 13.0. The van der Waals surface area contributed by atoms with Gasteiger partial charge in [0.15, 0.2) is 5.75 Å². The van der Waals surface area contributed by atoms with Crippen LogP contribution in [0.3, 0.4) is 0 Å². The summed E-state index contributed by atoms with van der Waals surface area (Å²) in [5.41, 5.74) is 3.79. The summed E-state index contributed by atoms with van der Waals surface area (Å²) in [6, 6.07) is 11.5. The van der Waals surface area contributed by atoms with Crippen LogP contribution in [0.5, 0.6) is 17.4 Å². The van der Waals surface area contributed by atoms with Crippen molar-refractivity contribution in [1.82, 2.24) is 15.2 Å². The molecule has 2 unspecified atom stereocenters. The largest absolute Gasteiger partial charge is 0.494 e. The maximum Gasteiger partial charge on any atom is 0.262 e. The van der Waals surface area contributed by atoms with E-state index in [1.165, 1.54) is 12.1 Å². The molecule has 3 aliphatic rings. The Hall–Kier alpha value is -4.66. The van der Waals surface area contributed by atoms with Crippen LogP contribution in [0.4, 0.5) is 0 Å². The van der Waals surface area contributed by atoms with E-state index in [-0.39, 0.29) is 36.5 Å². The average Bonchev–Trinajstić information content (AvgIpc) is 3.34. The van der Waals surface area contributed by atoms with Crippen molar-refractivity contribution in [3.05, 3.63) is 81.0 Å². The summed E-state index contributed by atoms with van der Waals surface area (Å²) < 4.78 is 17.4. The molecule has 1 fully saturated rings. The fraction of sp³-hybridized carbons (Fsp3) is 0.371. The number of hydrogen-bond donors (Lipinski definition) is 1. The van der Waals surface area contributed by atoms with Crippen LogP contribution in [-0.4, -0.2) is 65.3 Å². The third kappa shape index (κ3) is 6.68. The minimum absolute atomic E-state index is 0.0484. The van der Waals surface area contributed by atoms with Gasteiger partial charge in [0.2, 0.25) is 17.7 Å². The van der Waals surface area contributed by atoms with Gasteiger partial charge in [-0.05, 0) is 79.5 Å². The van der Waals surface area contributed by atoms with Crippen molar-refractivity contribution in [1.29, 1.82) is 5.26 Å². The van der Waals surface area contributed by atoms with Crippen molar-refractivity contribution >= 4 is 46.8 Å². The van der Waals surface area contributed by atoms with E-state index in [0.717, 1.165) is 40.9 Å². The first-order valence-corrected chi connectivity index (χ1v) is 16.7. The van der Waals surface area contributed by atoms with E-state index >= 15 is 0 Å². The van der Waals surface area contributed by atoms with Crippen molar-refractivity contribution in [3.63, 3.8) is 0 Å². The minimum Gasteiger partial charge on any atom is -0.494 e. The number of unbranched alkanes of at least 4 members (excludes halogenated alkanes) is 1. The van der Waals surface area contributed by atoms with Gasteiger partial charge in [0.25, 0.3) is 11.8 Å². The molecule has 48 heavy (non-hydrogen) atoms. The van der Waals surface area contributed by atoms with Gasteiger partial charge in [-0.3, -0.25) is 29.4 Å². The van der Waals surface area contributed by atoms with Gasteiger partial charge in [0, 0.05) is 24.6 Å². The third-order valence-corrected chi connectivity index (χ3v) is 9.28. The Kier molecular flexibility index (Phi) is 10.1. The van der Waals surface area contributed by atoms with E-state index in [4.69, 9.17) is 37.4 Å². The lowest BCUT2D eigenvalue weighted by atomic mass is 9.78. The minimum atomic E-state index is -1.01. The molecule has 1 N–H and O–H groups in total. The number of carbonyl (C=O) groups is 4. The van der Waals surface area contributed by atoms with Crippen LogP contribution in [0.15, 0.2) is 42.6 Å². The van der Waals surface area contributed by atoms with Crippen LogP contribution in [0, 0.1) is 11.3 Å². The predicted octanol–water partition coefficient (Wildman–Crippen LogP) is 5.33. The highest BCUT2D eigenvalue weighted by atomic mass is 35.5. The van der Waals surface area contributed by atoms with E-state index in [1.807, 2.05) is 18.2 Å². The van der Waals surface area contributed by atoms with Crippen LogP contribution in [-0.2, 0) is 16.0 Å². The van der Waals surface area contributed by atoms with Gasteiger partial charge >= 0.3 is 0 Å². The van der Waals surface area contributed by atoms with Crippen LogP contribution < -0.4 is 19.5 Å². The summed E-state index contributed by atoms with van der Waals surface area (Å²) in [6.45, 7) is 1.05. The summed E-state index contributed by atoms with van der Waals surface area (Å²) in [7, 11) is 0. The maximum atomic E-state index is 13.0. The number of nitriles is 1. The second-order valence-electron chi connectivity index (χ2n) is 11.7. The monoisotopic (exact) mass is 690 g/mol. The number of amides is 4. The number of imide groups is 2. The normalized spacial score (nSPS) is 18.6. The number of nitrogens with one attached hydrogen (secondary N) is 1. The molecular weight excluding hydrogens is 659 g/mol. The first kappa shape index (κ1) is 33.2. The molecule has 2 aliphatic heterocycles. The first-order valence-electron chi connectivity index (χ1n) is 15.8. The fourth-order valence-corrected chi connectivity index (χ4v) is 6.84. The second kappa shape index (κ2) is 14.6. The summed E-state index contributed by atoms with van der Waals surface area (Å²) in [4.78, 5) is 55.1. The Morgan fingerprint density at radius 3 is 2.46 bits per heavy atom. The highest BCUT2D eigenvalue weighted by Crippen LogP contribution is 2.44. The van der Waals surface area contributed by atoms with Gasteiger partial charge in [-0.25, -0.2) is 4.98 Å². The molecule has 0 saturated carbocycles. The summed E-state index contributed by atoms with van der Waals surface area (Å²) >= 11 is 12.5. The number of benzene rings is 2. The molecule has 3 aromatic rings. The van der Waals surface area contributed by atoms with Gasteiger partial charge in [0.1, 0.15) is 24.5 Å². The zero-order chi connectivity index (χ0) is 33.8. The van der Waals surface area contributed by atoms with E-state index in [2.05, 4.69) is 16.4 Å². The smallest absolute Gasteiger partial charge is 0.262 e. The summed E-state index contributed by atoms with van der Waals surface area (Å²) in [5.74, 6) is -0.529. The van der Waals surface area contributed by atoms with Crippen molar-refractivity contribution in [3.8, 4) is 23.4 Å². The van der Waals surface area contributed by atoms with Crippen molar-refractivity contribution in [2.45, 2.75) is 56.9 Å². The molecule has 2 aromatic carbocycles. The lowest BCUT2D eigenvalue weighted by Gasteiger charge is -2.28. The predicted molar refractivity (Wildman–Crippen MR) is 175 cm³/mol. The molecule has 11 nitrogen and oxygen atoms in total. The van der Waals surface area contributed by atoms with Crippen LogP contribution in [0.1, 0.15) is 87.4 Å². The topological polar surface area (TPSA) is 148 Å². The van der Waals surface area contributed by atoms with Crippen LogP contribution >= 0.6 is 23.2 Å². The van der Waals surface area contributed by atoms with Crippen LogP contribution in [0.2, 0.25) is 5.02 Å². The molecule has 0 spiro atoms. The van der Waals surface area contributed by atoms with E-state index in [9.17, 15) is 24.4 Å². The fourth-order valence-electron chi connectivity index (χ4n) is 6.40. The number of pyridine rings is 1. The number of aromatic nitrogens is 1. The molecule has 4 amide bonds. The highest BCUT2D eigenvalue weighted by molar-refractivity contribution is 6.33. The number of rotatable bonds is 12. The van der Waals surface area contributed by atoms with Crippen molar-refractivity contribution in [2.75, 3.05) is 25.7 Å². The first-order chi connectivity index (χ1) is 23.3. The molecule has 1 aliphatic carbocycles. The number of nitrogens with zero attached hydrogens (tertiary/aromatic N) is 3. The Morgan fingerprint density at radius 2 is 1.73 bits per heavy atom. The Morgan fingerprint density at radius 1 is 0.938 bits per heavy atom. The zero-order valence-corrected chi connectivity index (χ0v) is 27.4. The highest BCUT2D eigenvalue weighted by Gasteiger charge is 2.44. The van der Waals surface area contributed by atoms with Crippen molar-refractivity contribution in [2.24, 2.45) is 0 Å². The SMILES string of the molecule is N#Cc1cc2c(c(Cl)c1OCCCl)CCCC2c1ccc(OCCCCOc2ccc3c(c2)C(=O)N(C2CCC(=O)NC2=O)C3=O)nc1. The number of ether oxygens (including phenoxy) is 3. The summed E-state index contributed by atoms with van der Waals surface area (Å²) in [5, 5.41) is 12.4. The van der Waals surface area contributed by atoms with E-state index in [0.29, 0.717) is 59.9 Å². The third-order valence-electron chi connectivity index (χ3n) is 8.73. The Balaban J connectivity index is 0.989. The van der Waals surface area contributed by atoms with Gasteiger partial charge in [0.05, 0.1) is 40.8 Å². The molecule has 0 bridgehead atoms. The number of carbonyl (C=O) groups excluding carboxylic acids is 4.